The van der Waals surface area contributed by atoms with Crippen LogP contribution in [0.15, 0.2) is 18.2 Å². The summed E-state index contributed by atoms with van der Waals surface area (Å²) in [5.74, 6) is -0.426. The Morgan fingerprint density at radius 1 is 0.765 bits per heavy atom. The summed E-state index contributed by atoms with van der Waals surface area (Å²) in [6.45, 7) is 8.51. The Hall–Kier alpha value is -1.51. The van der Waals surface area contributed by atoms with Crippen LogP contribution in [-0.4, -0.2) is 16.2 Å². The van der Waals surface area contributed by atoms with Gasteiger partial charge in [-0.2, -0.15) is 0 Å². The number of carboxylic acid groups (broad SMARTS) is 1. The summed E-state index contributed by atoms with van der Waals surface area (Å²) in [4.78, 5) is 11.5. The van der Waals surface area contributed by atoms with Gasteiger partial charge < -0.3 is 10.2 Å². The fourth-order valence-electron chi connectivity index (χ4n) is 4.94. The van der Waals surface area contributed by atoms with Gasteiger partial charge in [-0.15, -0.1) is 0 Å². The average molecular weight is 475 g/mol. The molecule has 0 radical (unpaired) electrons. The quantitative estimate of drug-likeness (QED) is 0.185. The normalized spacial score (nSPS) is 12.7. The first kappa shape index (κ1) is 30.5. The fraction of sp³-hybridized carbons (Fsp3) is 0.774. The number of phenols is 1. The number of hydrogen-bond donors (Lipinski definition) is 2. The number of benzene rings is 1. The van der Waals surface area contributed by atoms with Crippen LogP contribution in [0.3, 0.4) is 0 Å². The van der Waals surface area contributed by atoms with Crippen molar-refractivity contribution in [3.05, 3.63) is 29.3 Å². The van der Waals surface area contributed by atoms with Crippen molar-refractivity contribution in [1.29, 1.82) is 0 Å². The van der Waals surface area contributed by atoms with Gasteiger partial charge in [-0.05, 0) is 34.9 Å². The Balaban J connectivity index is 2.18. The molecule has 0 bridgehead atoms. The zero-order valence-electron chi connectivity index (χ0n) is 22.8. The van der Waals surface area contributed by atoms with Crippen molar-refractivity contribution in [1.82, 2.24) is 0 Å². The minimum atomic E-state index is -0.744. The molecule has 0 fully saturated rings. The number of unbranched alkanes of at least 4 members (excludes halogenated alkanes) is 15. The van der Waals surface area contributed by atoms with Gasteiger partial charge in [-0.25, -0.2) is 0 Å². The lowest BCUT2D eigenvalue weighted by Crippen LogP contribution is -2.13. The standard InChI is InChI=1S/C31H54O3/c1-5-6-7-8-9-10-11-12-13-14-15-16-17-18-19-20-21-26(25-30(33)34)27-22-23-29(32)28(24-27)31(2,3)4/h22-24,26,32H,5-21,25H2,1-4H3,(H,33,34). The molecule has 0 aliphatic heterocycles. The largest absolute Gasteiger partial charge is 0.508 e. The minimum Gasteiger partial charge on any atom is -0.508 e. The molecule has 0 amide bonds. The molecule has 3 heteroatoms. The highest BCUT2D eigenvalue weighted by molar-refractivity contribution is 5.68. The molecule has 1 unspecified atom stereocenters. The van der Waals surface area contributed by atoms with Gasteiger partial charge in [-0.3, -0.25) is 4.79 Å². The van der Waals surface area contributed by atoms with Crippen LogP contribution < -0.4 is 0 Å². The summed E-state index contributed by atoms with van der Waals surface area (Å²) in [5, 5.41) is 19.7. The first-order chi connectivity index (χ1) is 16.3. The molecule has 1 atom stereocenters. The van der Waals surface area contributed by atoms with Crippen LogP contribution >= 0.6 is 0 Å². The molecule has 1 aromatic carbocycles. The molecule has 0 saturated heterocycles. The van der Waals surface area contributed by atoms with Crippen LogP contribution in [0.1, 0.15) is 160 Å². The van der Waals surface area contributed by atoms with E-state index in [1.165, 1.54) is 96.3 Å². The third-order valence-electron chi connectivity index (χ3n) is 7.13. The second kappa shape index (κ2) is 17.9. The topological polar surface area (TPSA) is 57.5 Å². The van der Waals surface area contributed by atoms with Crippen molar-refractivity contribution >= 4 is 5.97 Å². The third kappa shape index (κ3) is 14.0. The molecule has 34 heavy (non-hydrogen) atoms. The van der Waals surface area contributed by atoms with Crippen LogP contribution in [-0.2, 0) is 10.2 Å². The smallest absolute Gasteiger partial charge is 0.303 e. The zero-order chi connectivity index (χ0) is 25.2. The van der Waals surface area contributed by atoms with Gasteiger partial charge in [0.2, 0.25) is 0 Å². The van der Waals surface area contributed by atoms with Crippen LogP contribution in [0.4, 0.5) is 0 Å². The number of phenolic OH excluding ortho intramolecular Hbond substituents is 1. The summed E-state index contributed by atoms with van der Waals surface area (Å²) in [7, 11) is 0. The van der Waals surface area contributed by atoms with Gasteiger partial charge in [0.15, 0.2) is 0 Å². The molecule has 0 aromatic heterocycles. The van der Waals surface area contributed by atoms with Gasteiger partial charge in [0.25, 0.3) is 0 Å². The molecule has 3 nitrogen and oxygen atoms in total. The summed E-state index contributed by atoms with van der Waals surface area (Å²) in [6, 6.07) is 5.67. The third-order valence-corrected chi connectivity index (χ3v) is 7.13. The minimum absolute atomic E-state index is 0.0193. The molecule has 2 N–H and O–H groups in total. The Kier molecular flexibility index (Phi) is 16.0. The lowest BCUT2D eigenvalue weighted by atomic mass is 9.82. The molecular formula is C31H54O3. The number of hydrogen-bond acceptors (Lipinski definition) is 2. The Bertz CT molecular complexity index is 659. The Morgan fingerprint density at radius 2 is 1.21 bits per heavy atom. The van der Waals surface area contributed by atoms with E-state index in [1.807, 2.05) is 12.1 Å². The summed E-state index contributed by atoms with van der Waals surface area (Å²) >= 11 is 0. The average Bonchev–Trinajstić information content (AvgIpc) is 2.77. The highest BCUT2D eigenvalue weighted by Gasteiger charge is 2.22. The van der Waals surface area contributed by atoms with Gasteiger partial charge in [0.1, 0.15) is 5.75 Å². The van der Waals surface area contributed by atoms with Crippen LogP contribution in [0.2, 0.25) is 0 Å². The van der Waals surface area contributed by atoms with E-state index in [9.17, 15) is 15.0 Å². The number of rotatable bonds is 20. The van der Waals surface area contributed by atoms with E-state index >= 15 is 0 Å². The Morgan fingerprint density at radius 3 is 1.62 bits per heavy atom. The lowest BCUT2D eigenvalue weighted by molar-refractivity contribution is -0.137. The number of aromatic hydroxyl groups is 1. The summed E-state index contributed by atoms with van der Waals surface area (Å²) in [6.07, 6.45) is 22.6. The van der Waals surface area contributed by atoms with Crippen molar-refractivity contribution in [2.24, 2.45) is 0 Å². The lowest BCUT2D eigenvalue weighted by Gasteiger charge is -2.23. The van der Waals surface area contributed by atoms with E-state index < -0.39 is 5.97 Å². The predicted molar refractivity (Wildman–Crippen MR) is 146 cm³/mol. The van der Waals surface area contributed by atoms with Crippen molar-refractivity contribution in [2.75, 3.05) is 0 Å². The zero-order valence-corrected chi connectivity index (χ0v) is 22.8. The first-order valence-corrected chi connectivity index (χ1v) is 14.3. The SMILES string of the molecule is CCCCCCCCCCCCCCCCCCC(CC(=O)O)c1ccc(O)c(C(C)(C)C)c1. The van der Waals surface area contributed by atoms with Crippen LogP contribution in [0.25, 0.3) is 0 Å². The van der Waals surface area contributed by atoms with Gasteiger partial charge >= 0.3 is 5.97 Å². The van der Waals surface area contributed by atoms with Crippen LogP contribution in [0.5, 0.6) is 5.75 Å². The summed E-state index contributed by atoms with van der Waals surface area (Å²) in [5.41, 5.74) is 1.78. The van der Waals surface area contributed by atoms with Gasteiger partial charge in [-0.1, -0.05) is 143 Å². The predicted octanol–water partition coefficient (Wildman–Crippen LogP) is 9.90. The second-order valence-corrected chi connectivity index (χ2v) is 11.4. The van der Waals surface area contributed by atoms with Gasteiger partial charge in [0, 0.05) is 0 Å². The maximum atomic E-state index is 11.5. The van der Waals surface area contributed by atoms with E-state index in [-0.39, 0.29) is 17.8 Å². The van der Waals surface area contributed by atoms with E-state index in [1.54, 1.807) is 6.07 Å². The Labute approximate surface area is 210 Å². The maximum absolute atomic E-state index is 11.5. The molecule has 0 aliphatic rings. The first-order valence-electron chi connectivity index (χ1n) is 14.3. The molecular weight excluding hydrogens is 420 g/mol. The molecule has 0 spiro atoms. The molecule has 0 heterocycles. The highest BCUT2D eigenvalue weighted by atomic mass is 16.4. The maximum Gasteiger partial charge on any atom is 0.303 e. The molecule has 1 rings (SSSR count). The highest BCUT2D eigenvalue weighted by Crippen LogP contribution is 2.35. The second-order valence-electron chi connectivity index (χ2n) is 11.4. The molecule has 0 aliphatic carbocycles. The molecule has 1 aromatic rings. The number of carboxylic acids is 1. The van der Waals surface area contributed by atoms with Crippen molar-refractivity contribution in [2.45, 2.75) is 155 Å². The fourth-order valence-corrected chi connectivity index (χ4v) is 4.94. The van der Waals surface area contributed by atoms with Crippen molar-refractivity contribution < 1.29 is 15.0 Å². The van der Waals surface area contributed by atoms with E-state index in [4.69, 9.17) is 0 Å². The molecule has 196 valence electrons. The molecule has 0 saturated carbocycles. The monoisotopic (exact) mass is 474 g/mol. The van der Waals surface area contributed by atoms with E-state index in [0.29, 0.717) is 5.75 Å². The van der Waals surface area contributed by atoms with Gasteiger partial charge in [0.05, 0.1) is 6.42 Å². The van der Waals surface area contributed by atoms with Crippen molar-refractivity contribution in [3.63, 3.8) is 0 Å². The summed E-state index contributed by atoms with van der Waals surface area (Å²) < 4.78 is 0. The van der Waals surface area contributed by atoms with Crippen molar-refractivity contribution in [3.8, 4) is 5.75 Å². The van der Waals surface area contributed by atoms with E-state index in [2.05, 4.69) is 27.7 Å². The number of carbonyl (C=O) groups is 1. The number of aliphatic carboxylic acids is 1. The van der Waals surface area contributed by atoms with E-state index in [0.717, 1.165) is 24.0 Å². The van der Waals surface area contributed by atoms with Crippen LogP contribution in [0, 0.1) is 0 Å².